The number of carbonyl (C=O) groups excluding carboxylic acids is 1. The number of carbonyl (C=O) groups is 1. The van der Waals surface area contributed by atoms with Crippen molar-refractivity contribution in [2.45, 2.75) is 22.3 Å². The van der Waals surface area contributed by atoms with Gasteiger partial charge in [-0.05, 0) is 64.8 Å². The molecule has 0 amide bonds. The Hall–Kier alpha value is -2.16. The second-order valence-electron chi connectivity index (χ2n) is 8.19. The fourth-order valence-corrected chi connectivity index (χ4v) is 6.56. The summed E-state index contributed by atoms with van der Waals surface area (Å²) in [5.74, 6) is -1.54. The maximum atomic E-state index is 13.6. The van der Waals surface area contributed by atoms with Crippen molar-refractivity contribution in [1.82, 2.24) is 4.98 Å². The Kier molecular flexibility index (Phi) is 8.91. The van der Waals surface area contributed by atoms with Gasteiger partial charge in [-0.3, -0.25) is 0 Å². The molecule has 1 aliphatic rings. The second kappa shape index (κ2) is 11.9. The van der Waals surface area contributed by atoms with Crippen molar-refractivity contribution in [3.63, 3.8) is 0 Å². The molecule has 0 aliphatic carbocycles. The molecular weight excluding hydrogens is 507 g/mol. The Balaban J connectivity index is 0.00000304. The molecular formula is C28H20F2NNaO2S2. The molecule has 8 heteroatoms. The first-order valence-corrected chi connectivity index (χ1v) is 13.1. The van der Waals surface area contributed by atoms with Crippen LogP contribution < -0.4 is 34.7 Å². The number of halogens is 2. The maximum Gasteiger partial charge on any atom is 1.00 e. The minimum atomic E-state index is -1.05. The Morgan fingerprint density at radius 2 is 1.83 bits per heavy atom. The minimum Gasteiger partial charge on any atom is -0.550 e. The number of aromatic nitrogens is 1. The molecule has 0 spiro atoms. The van der Waals surface area contributed by atoms with Crippen LogP contribution in [0.5, 0.6) is 0 Å². The summed E-state index contributed by atoms with van der Waals surface area (Å²) in [7, 11) is 0. The predicted octanol–water partition coefficient (Wildman–Crippen LogP) is 3.26. The quantitative estimate of drug-likeness (QED) is 0.361. The summed E-state index contributed by atoms with van der Waals surface area (Å²) in [6, 6.07) is 20.3. The van der Waals surface area contributed by atoms with Gasteiger partial charge in [-0.15, -0.1) is 23.5 Å². The van der Waals surface area contributed by atoms with Crippen molar-refractivity contribution in [3.8, 4) is 0 Å². The summed E-state index contributed by atoms with van der Waals surface area (Å²) < 4.78 is 27.1. The zero-order chi connectivity index (χ0) is 24.4. The number of fused-ring (bicyclic) bond motifs is 3. The fraction of sp³-hybridized carbons (Fsp3) is 0.143. The van der Waals surface area contributed by atoms with Crippen molar-refractivity contribution in [3.05, 3.63) is 106 Å². The van der Waals surface area contributed by atoms with Gasteiger partial charge in [0, 0.05) is 28.1 Å². The zero-order valence-electron chi connectivity index (χ0n) is 19.5. The Bertz CT molecular complexity index is 1460. The number of aliphatic carboxylic acids is 1. The van der Waals surface area contributed by atoms with Gasteiger partial charge in [-0.2, -0.15) is 0 Å². The smallest absolute Gasteiger partial charge is 0.550 e. The second-order valence-corrected chi connectivity index (χ2v) is 10.4. The topological polar surface area (TPSA) is 53.0 Å². The van der Waals surface area contributed by atoms with Crippen LogP contribution in [0.2, 0.25) is 0 Å². The number of thioether (sulfide) groups is 2. The molecule has 176 valence electrons. The number of hydrogen-bond acceptors (Lipinski definition) is 5. The number of carboxylic acid groups (broad SMARTS) is 1. The molecule has 1 aromatic heterocycles. The van der Waals surface area contributed by atoms with E-state index in [1.807, 2.05) is 30.4 Å². The van der Waals surface area contributed by atoms with Gasteiger partial charge in [-0.25, -0.2) is 13.8 Å². The standard InChI is InChI=1S/C28H21F2NO2S2.Na/c29-23-14-18-7-9-20(31-25(18)15-24(23)30)8-5-17-6-10-26-22(13-17)28(34-12-11-27(32)33)21-4-2-1-3-19(21)16-35-26;/h1-10,13-15,28H,11-12,16H2,(H,32,33);/q;+1/p-1/b8-5+;. The van der Waals surface area contributed by atoms with E-state index < -0.39 is 17.6 Å². The van der Waals surface area contributed by atoms with Crippen molar-refractivity contribution in [2.75, 3.05) is 5.75 Å². The van der Waals surface area contributed by atoms with Crippen LogP contribution in [0.3, 0.4) is 0 Å². The van der Waals surface area contributed by atoms with Gasteiger partial charge in [-0.1, -0.05) is 42.5 Å². The Morgan fingerprint density at radius 3 is 2.67 bits per heavy atom. The molecule has 0 fully saturated rings. The van der Waals surface area contributed by atoms with Crippen LogP contribution >= 0.6 is 23.5 Å². The third-order valence-electron chi connectivity index (χ3n) is 5.83. The summed E-state index contributed by atoms with van der Waals surface area (Å²) in [5.41, 5.74) is 5.61. The molecule has 1 atom stereocenters. The Morgan fingerprint density at radius 1 is 1.03 bits per heavy atom. The van der Waals surface area contributed by atoms with E-state index in [9.17, 15) is 18.7 Å². The first kappa shape index (κ1) is 26.9. The Labute approximate surface area is 238 Å². The molecule has 0 saturated carbocycles. The van der Waals surface area contributed by atoms with E-state index in [-0.39, 0.29) is 41.2 Å². The average molecular weight is 528 g/mol. The van der Waals surface area contributed by atoms with Crippen LogP contribution in [0.1, 0.15) is 39.6 Å². The summed E-state index contributed by atoms with van der Waals surface area (Å²) in [6.07, 6.45) is 3.79. The molecule has 0 bridgehead atoms. The first-order chi connectivity index (χ1) is 17.0. The van der Waals surface area contributed by atoms with Crippen molar-refractivity contribution >= 4 is 52.5 Å². The van der Waals surface area contributed by atoms with Gasteiger partial charge in [0.15, 0.2) is 11.6 Å². The summed E-state index contributed by atoms with van der Waals surface area (Å²) in [6.45, 7) is 0. The zero-order valence-corrected chi connectivity index (χ0v) is 23.2. The molecule has 3 nitrogen and oxygen atoms in total. The van der Waals surface area contributed by atoms with E-state index in [1.54, 1.807) is 35.7 Å². The van der Waals surface area contributed by atoms with Crippen LogP contribution in [0.25, 0.3) is 23.1 Å². The van der Waals surface area contributed by atoms with E-state index in [2.05, 4.69) is 29.2 Å². The van der Waals surface area contributed by atoms with E-state index in [4.69, 9.17) is 0 Å². The van der Waals surface area contributed by atoms with Crippen LogP contribution in [0, 0.1) is 11.6 Å². The van der Waals surface area contributed by atoms with E-state index >= 15 is 0 Å². The van der Waals surface area contributed by atoms with Crippen LogP contribution in [-0.2, 0) is 10.5 Å². The van der Waals surface area contributed by atoms with Crippen LogP contribution in [0.15, 0.2) is 71.6 Å². The van der Waals surface area contributed by atoms with E-state index in [1.165, 1.54) is 16.0 Å². The summed E-state index contributed by atoms with van der Waals surface area (Å²) in [4.78, 5) is 16.6. The van der Waals surface area contributed by atoms with Gasteiger partial charge in [0.1, 0.15) is 0 Å². The van der Waals surface area contributed by atoms with Gasteiger partial charge in [0.2, 0.25) is 0 Å². The fourth-order valence-electron chi connectivity index (χ4n) is 4.10. The molecule has 36 heavy (non-hydrogen) atoms. The molecule has 0 N–H and O–H groups in total. The SMILES string of the molecule is O=C([O-])CCSC1c2ccccc2CSc2ccc(/C=C/c3ccc4cc(F)c(F)cc4n3)cc21.[Na+]. The normalized spacial score (nSPS) is 14.7. The van der Waals surface area contributed by atoms with E-state index in [0.717, 1.165) is 29.0 Å². The van der Waals surface area contributed by atoms with Gasteiger partial charge in [0.05, 0.1) is 16.5 Å². The molecule has 1 aliphatic heterocycles. The maximum absolute atomic E-state index is 13.6. The number of pyridine rings is 1. The van der Waals surface area contributed by atoms with Crippen LogP contribution in [-0.4, -0.2) is 16.7 Å². The largest absolute Gasteiger partial charge is 1.00 e. The molecule has 2 heterocycles. The van der Waals surface area contributed by atoms with E-state index in [0.29, 0.717) is 22.3 Å². The van der Waals surface area contributed by atoms with Gasteiger partial charge >= 0.3 is 29.6 Å². The van der Waals surface area contributed by atoms with Crippen molar-refractivity contribution < 1.29 is 48.2 Å². The van der Waals surface area contributed by atoms with Gasteiger partial charge < -0.3 is 9.90 Å². The molecule has 5 rings (SSSR count). The van der Waals surface area contributed by atoms with Crippen molar-refractivity contribution in [1.29, 1.82) is 0 Å². The predicted molar refractivity (Wildman–Crippen MR) is 137 cm³/mol. The van der Waals surface area contributed by atoms with Crippen molar-refractivity contribution in [2.24, 2.45) is 0 Å². The average Bonchev–Trinajstić information content (AvgIpc) is 3.00. The molecule has 4 aromatic rings. The molecule has 1 unspecified atom stereocenters. The molecule has 0 saturated heterocycles. The van der Waals surface area contributed by atoms with Gasteiger partial charge in [0.25, 0.3) is 0 Å². The minimum absolute atomic E-state index is 0. The monoisotopic (exact) mass is 527 g/mol. The molecule has 0 radical (unpaired) electrons. The first-order valence-electron chi connectivity index (χ1n) is 11.1. The third-order valence-corrected chi connectivity index (χ3v) is 8.25. The number of nitrogens with zero attached hydrogens (tertiary/aromatic N) is 1. The number of hydrogen-bond donors (Lipinski definition) is 0. The number of benzene rings is 3. The number of rotatable bonds is 6. The summed E-state index contributed by atoms with van der Waals surface area (Å²) >= 11 is 3.39. The summed E-state index contributed by atoms with van der Waals surface area (Å²) in [5, 5.41) is 11.6. The van der Waals surface area contributed by atoms with Crippen LogP contribution in [0.4, 0.5) is 8.78 Å². The number of carboxylic acids is 1. The third kappa shape index (κ3) is 6.03. The molecule has 3 aromatic carbocycles.